The van der Waals surface area contributed by atoms with Crippen molar-refractivity contribution in [3.8, 4) is 5.88 Å². The number of ether oxygens (including phenoxy) is 1. The highest BCUT2D eigenvalue weighted by molar-refractivity contribution is 8.01. The molecule has 24 heavy (non-hydrogen) atoms. The second-order valence-corrected chi connectivity index (χ2v) is 6.73. The van der Waals surface area contributed by atoms with Crippen molar-refractivity contribution in [2.24, 2.45) is 0 Å². The third kappa shape index (κ3) is 3.63. The lowest BCUT2D eigenvalue weighted by Gasteiger charge is -2.23. The number of nitrogens with one attached hydrogen (secondary N) is 2. The summed E-state index contributed by atoms with van der Waals surface area (Å²) in [5, 5.41) is 5.54. The molecule has 1 aliphatic heterocycles. The van der Waals surface area contributed by atoms with Crippen LogP contribution in [0.3, 0.4) is 0 Å². The molecule has 0 saturated carbocycles. The molecule has 0 bridgehead atoms. The Bertz CT molecular complexity index is 800. The predicted octanol–water partition coefficient (Wildman–Crippen LogP) is 3.19. The Morgan fingerprint density at radius 3 is 3.08 bits per heavy atom. The van der Waals surface area contributed by atoms with Gasteiger partial charge in [-0.3, -0.25) is 9.59 Å². The van der Waals surface area contributed by atoms with Crippen molar-refractivity contribution in [3.63, 3.8) is 0 Å². The monoisotopic (exact) mass is 363 g/mol. The van der Waals surface area contributed by atoms with Crippen molar-refractivity contribution >= 4 is 46.6 Å². The number of fused-ring (bicyclic) bond motifs is 1. The van der Waals surface area contributed by atoms with Crippen LogP contribution >= 0.6 is 23.4 Å². The van der Waals surface area contributed by atoms with Gasteiger partial charge in [0.15, 0.2) is 0 Å². The second kappa shape index (κ2) is 7.11. The highest BCUT2D eigenvalue weighted by Crippen LogP contribution is 2.38. The number of methoxy groups -OCH3 is 1. The summed E-state index contributed by atoms with van der Waals surface area (Å²) in [7, 11) is 1.48. The number of amides is 2. The van der Waals surface area contributed by atoms with Crippen LogP contribution in [0.1, 0.15) is 6.42 Å². The third-order valence-electron chi connectivity index (χ3n) is 3.37. The number of pyridine rings is 1. The quantitative estimate of drug-likeness (QED) is 0.872. The largest absolute Gasteiger partial charge is 0.480 e. The minimum atomic E-state index is -0.513. The number of hydrogen-bond acceptors (Lipinski definition) is 5. The van der Waals surface area contributed by atoms with E-state index < -0.39 is 5.25 Å². The Hall–Kier alpha value is -2.25. The Labute approximate surface area is 147 Å². The molecule has 124 valence electrons. The lowest BCUT2D eigenvalue weighted by molar-refractivity contribution is -0.120. The van der Waals surface area contributed by atoms with Gasteiger partial charge in [0.1, 0.15) is 5.69 Å². The molecule has 2 N–H and O–H groups in total. The molecule has 0 saturated heterocycles. The normalized spacial score (nSPS) is 16.1. The van der Waals surface area contributed by atoms with Crippen molar-refractivity contribution in [1.82, 2.24) is 4.98 Å². The molecule has 1 aromatic heterocycles. The van der Waals surface area contributed by atoms with Gasteiger partial charge in [0.2, 0.25) is 17.7 Å². The van der Waals surface area contributed by atoms with E-state index in [-0.39, 0.29) is 18.2 Å². The number of nitrogens with zero attached hydrogens (tertiary/aromatic N) is 1. The van der Waals surface area contributed by atoms with Gasteiger partial charge >= 0.3 is 0 Å². The molecular weight excluding hydrogens is 350 g/mol. The summed E-state index contributed by atoms with van der Waals surface area (Å²) in [6.07, 6.45) is 1.61. The molecule has 0 spiro atoms. The molecule has 2 heterocycles. The molecule has 1 aromatic carbocycles. The van der Waals surface area contributed by atoms with Crippen LogP contribution in [0.2, 0.25) is 5.02 Å². The number of rotatable bonds is 4. The van der Waals surface area contributed by atoms with E-state index in [1.807, 2.05) is 6.07 Å². The van der Waals surface area contributed by atoms with E-state index in [9.17, 15) is 9.59 Å². The molecule has 1 atom stereocenters. The summed E-state index contributed by atoms with van der Waals surface area (Å²) >= 11 is 7.27. The van der Waals surface area contributed by atoms with Crippen LogP contribution in [0, 0.1) is 0 Å². The van der Waals surface area contributed by atoms with Gasteiger partial charge in [-0.25, -0.2) is 4.98 Å². The number of thioether (sulfide) groups is 1. The van der Waals surface area contributed by atoms with Gasteiger partial charge in [-0.05, 0) is 30.3 Å². The van der Waals surface area contributed by atoms with Crippen LogP contribution in [0.15, 0.2) is 41.4 Å². The summed E-state index contributed by atoms with van der Waals surface area (Å²) in [6.45, 7) is 0. The van der Waals surface area contributed by atoms with Crippen LogP contribution in [0.4, 0.5) is 11.4 Å². The predicted molar refractivity (Wildman–Crippen MR) is 93.8 cm³/mol. The molecule has 6 nitrogen and oxygen atoms in total. The number of aromatic nitrogens is 1. The van der Waals surface area contributed by atoms with Gasteiger partial charge in [0.25, 0.3) is 0 Å². The van der Waals surface area contributed by atoms with Gasteiger partial charge in [0, 0.05) is 22.5 Å². The smallest absolute Gasteiger partial charge is 0.238 e. The maximum Gasteiger partial charge on any atom is 0.238 e. The number of halogens is 1. The standard InChI is InChI=1S/C16H14ClN3O3S/c1-23-16-10(3-2-6-18-16)19-14(21)8-13-15(22)20-11-7-9(17)4-5-12(11)24-13/h2-7,13H,8H2,1H3,(H,19,21)(H,20,22). The summed E-state index contributed by atoms with van der Waals surface area (Å²) in [5.74, 6) is -0.180. The Balaban J connectivity index is 1.68. The minimum absolute atomic E-state index is 0.0383. The van der Waals surface area contributed by atoms with E-state index in [0.717, 1.165) is 4.90 Å². The zero-order valence-electron chi connectivity index (χ0n) is 12.7. The van der Waals surface area contributed by atoms with Gasteiger partial charge in [-0.15, -0.1) is 11.8 Å². The van der Waals surface area contributed by atoms with E-state index in [1.54, 1.807) is 30.5 Å². The zero-order chi connectivity index (χ0) is 17.1. The topological polar surface area (TPSA) is 80.3 Å². The maximum atomic E-state index is 12.3. The highest BCUT2D eigenvalue weighted by Gasteiger charge is 2.29. The average molecular weight is 364 g/mol. The maximum absolute atomic E-state index is 12.3. The van der Waals surface area contributed by atoms with Crippen molar-refractivity contribution in [2.45, 2.75) is 16.6 Å². The fourth-order valence-electron chi connectivity index (χ4n) is 2.28. The molecule has 8 heteroatoms. The Kier molecular flexibility index (Phi) is 4.92. The minimum Gasteiger partial charge on any atom is -0.480 e. The van der Waals surface area contributed by atoms with Gasteiger partial charge in [-0.2, -0.15) is 0 Å². The van der Waals surface area contributed by atoms with Crippen molar-refractivity contribution in [3.05, 3.63) is 41.6 Å². The first-order valence-corrected chi connectivity index (χ1v) is 8.38. The Morgan fingerprint density at radius 2 is 2.29 bits per heavy atom. The third-order valence-corrected chi connectivity index (χ3v) is 4.88. The lowest BCUT2D eigenvalue weighted by Crippen LogP contribution is -2.32. The first-order chi connectivity index (χ1) is 11.6. The summed E-state index contributed by atoms with van der Waals surface area (Å²) < 4.78 is 5.09. The molecular formula is C16H14ClN3O3S. The van der Waals surface area contributed by atoms with E-state index in [4.69, 9.17) is 16.3 Å². The van der Waals surface area contributed by atoms with Crippen molar-refractivity contribution < 1.29 is 14.3 Å². The van der Waals surface area contributed by atoms with E-state index in [0.29, 0.717) is 22.3 Å². The van der Waals surface area contributed by atoms with Crippen LogP contribution in [-0.4, -0.2) is 29.2 Å². The summed E-state index contributed by atoms with van der Waals surface area (Å²) in [5.41, 5.74) is 1.14. The van der Waals surface area contributed by atoms with Crippen LogP contribution < -0.4 is 15.4 Å². The van der Waals surface area contributed by atoms with Gasteiger partial charge in [-0.1, -0.05) is 11.6 Å². The highest BCUT2D eigenvalue weighted by atomic mass is 35.5. The van der Waals surface area contributed by atoms with Crippen molar-refractivity contribution in [1.29, 1.82) is 0 Å². The van der Waals surface area contributed by atoms with Crippen LogP contribution in [0.5, 0.6) is 5.88 Å². The average Bonchev–Trinajstić information content (AvgIpc) is 2.56. The number of benzene rings is 1. The molecule has 1 unspecified atom stereocenters. The molecule has 2 amide bonds. The number of anilines is 2. The van der Waals surface area contributed by atoms with Crippen LogP contribution in [-0.2, 0) is 9.59 Å². The van der Waals surface area contributed by atoms with Gasteiger partial charge in [0.05, 0.1) is 18.0 Å². The molecule has 1 aliphatic rings. The molecule has 0 aliphatic carbocycles. The second-order valence-electron chi connectivity index (χ2n) is 5.05. The SMILES string of the molecule is COc1ncccc1NC(=O)CC1Sc2ccc(Cl)cc2NC1=O. The number of carbonyl (C=O) groups is 2. The lowest BCUT2D eigenvalue weighted by atomic mass is 10.2. The van der Waals surface area contributed by atoms with E-state index >= 15 is 0 Å². The van der Waals surface area contributed by atoms with Gasteiger partial charge < -0.3 is 15.4 Å². The van der Waals surface area contributed by atoms with Crippen LogP contribution in [0.25, 0.3) is 0 Å². The number of carbonyl (C=O) groups excluding carboxylic acids is 2. The molecule has 2 aromatic rings. The molecule has 0 fully saturated rings. The first kappa shape index (κ1) is 16.6. The fraction of sp³-hybridized carbons (Fsp3) is 0.188. The Morgan fingerprint density at radius 1 is 1.46 bits per heavy atom. The summed E-state index contributed by atoms with van der Waals surface area (Å²) in [6, 6.07) is 8.66. The molecule has 3 rings (SSSR count). The van der Waals surface area contributed by atoms with E-state index in [2.05, 4.69) is 15.6 Å². The summed E-state index contributed by atoms with van der Waals surface area (Å²) in [4.78, 5) is 29.3. The van der Waals surface area contributed by atoms with E-state index in [1.165, 1.54) is 18.9 Å². The molecule has 0 radical (unpaired) electrons. The zero-order valence-corrected chi connectivity index (χ0v) is 14.3. The van der Waals surface area contributed by atoms with Crippen molar-refractivity contribution in [2.75, 3.05) is 17.7 Å². The fourth-order valence-corrected chi connectivity index (χ4v) is 3.54. The first-order valence-electron chi connectivity index (χ1n) is 7.13. The number of hydrogen-bond donors (Lipinski definition) is 2.